The van der Waals surface area contributed by atoms with Gasteiger partial charge in [0.25, 0.3) is 0 Å². The molecule has 6 atom stereocenters. The minimum Gasteiger partial charge on any atom is -0.404 e. The van der Waals surface area contributed by atoms with Gasteiger partial charge in [0.2, 0.25) is 0 Å². The molecule has 0 saturated carbocycles. The molecule has 6 heteroatoms. The summed E-state index contributed by atoms with van der Waals surface area (Å²) in [5, 5.41) is 16.8. The van der Waals surface area contributed by atoms with Crippen molar-refractivity contribution in [2.24, 2.45) is 23.5 Å². The summed E-state index contributed by atoms with van der Waals surface area (Å²) in [4.78, 5) is 0. The minimum atomic E-state index is -0.186. The maximum atomic E-state index is 6.60. The average Bonchev–Trinajstić information content (AvgIpc) is 3.74. The van der Waals surface area contributed by atoms with E-state index < -0.39 is 0 Å². The lowest BCUT2D eigenvalue weighted by Crippen LogP contribution is -2.70. The Bertz CT molecular complexity index is 2680. The van der Waals surface area contributed by atoms with Gasteiger partial charge in [-0.3, -0.25) is 16.0 Å². The van der Waals surface area contributed by atoms with E-state index in [-0.39, 0.29) is 18.5 Å². The van der Waals surface area contributed by atoms with Gasteiger partial charge in [0.15, 0.2) is 0 Å². The average molecular weight is 705 g/mol. The largest absolute Gasteiger partial charge is 0.404 e. The number of nitrogens with zero attached hydrogens (tertiary/aromatic N) is 2. The van der Waals surface area contributed by atoms with Crippen LogP contribution >= 0.6 is 0 Å². The maximum Gasteiger partial charge on any atom is 0.0876 e. The number of nitrogens with one attached hydrogen (secondary N) is 3. The molecule has 1 aliphatic heterocycles. The maximum absolute atomic E-state index is 6.60. The second kappa shape index (κ2) is 13.5. The first-order valence-corrected chi connectivity index (χ1v) is 19.1. The molecule has 2 aromatic heterocycles. The third-order valence-electron chi connectivity index (χ3n) is 11.7. The highest BCUT2D eigenvalue weighted by Gasteiger charge is 2.37. The lowest BCUT2D eigenvalue weighted by Gasteiger charge is -2.45. The number of rotatable bonds is 6. The Hall–Kier alpha value is -5.92. The predicted molar refractivity (Wildman–Crippen MR) is 226 cm³/mol. The van der Waals surface area contributed by atoms with E-state index in [0.717, 1.165) is 28.9 Å². The van der Waals surface area contributed by atoms with Crippen LogP contribution in [0.15, 0.2) is 181 Å². The summed E-state index contributed by atoms with van der Waals surface area (Å²) < 4.78 is 4.80. The molecule has 6 aromatic rings. The summed E-state index contributed by atoms with van der Waals surface area (Å²) in [5.41, 5.74) is 15.9. The molecule has 266 valence electrons. The molecule has 0 radical (unpaired) electrons. The fourth-order valence-corrected chi connectivity index (χ4v) is 9.19. The quantitative estimate of drug-likeness (QED) is 0.131. The van der Waals surface area contributed by atoms with Crippen molar-refractivity contribution in [3.63, 3.8) is 0 Å². The molecule has 5 N–H and O–H groups in total. The molecule has 10 rings (SSSR count). The van der Waals surface area contributed by atoms with Gasteiger partial charge >= 0.3 is 0 Å². The number of nitrogens with two attached hydrogens (primary N) is 1. The SMILES string of the molecule is C/C(=C\C(=C/N)C1NC(C2=CC=CC3C=CC=CC23)NC(C2C=CC=CC2)N1)n1c2ccccc2c2cc3c4ccccc4n(-c4ccccc4)c3cc21. The van der Waals surface area contributed by atoms with Crippen LogP contribution in [0, 0.1) is 17.8 Å². The third kappa shape index (κ3) is 5.45. The van der Waals surface area contributed by atoms with E-state index in [2.05, 4.69) is 196 Å². The van der Waals surface area contributed by atoms with Crippen LogP contribution in [0.5, 0.6) is 0 Å². The summed E-state index contributed by atoms with van der Waals surface area (Å²) in [6.45, 7) is 2.20. The number of aromatic nitrogens is 2. The summed E-state index contributed by atoms with van der Waals surface area (Å²) >= 11 is 0. The fourth-order valence-electron chi connectivity index (χ4n) is 9.19. The second-order valence-corrected chi connectivity index (χ2v) is 14.9. The standard InChI is InChI=1S/C48H44N6/c1-31(27-34(30-49)47-50-46(33-16-4-2-5-17-33)51-48(52-47)39-24-14-18-32-15-8-9-21-36(32)39)53-42-25-12-10-22-37(42)40-28-41-38-23-11-13-26-43(38)54(45(41)29-44(40)53)35-19-6-3-7-20-35/h2-16,18-30,32-33,36,46-48,50-52H,17,49H2,1H3/b31-27+,34-30+. The Morgan fingerprint density at radius 1 is 0.685 bits per heavy atom. The lowest BCUT2D eigenvalue weighted by atomic mass is 9.78. The van der Waals surface area contributed by atoms with E-state index in [1.165, 1.54) is 43.7 Å². The number of benzene rings is 4. The molecule has 0 bridgehead atoms. The van der Waals surface area contributed by atoms with E-state index in [1.807, 2.05) is 0 Å². The zero-order valence-electron chi connectivity index (χ0n) is 30.3. The smallest absolute Gasteiger partial charge is 0.0876 e. The van der Waals surface area contributed by atoms with Crippen LogP contribution in [0.1, 0.15) is 13.3 Å². The van der Waals surface area contributed by atoms with Crippen LogP contribution < -0.4 is 21.7 Å². The van der Waals surface area contributed by atoms with E-state index in [1.54, 1.807) is 6.20 Å². The monoisotopic (exact) mass is 704 g/mol. The van der Waals surface area contributed by atoms with Gasteiger partial charge in [-0.25, -0.2) is 0 Å². The molecule has 0 amide bonds. The lowest BCUT2D eigenvalue weighted by molar-refractivity contribution is 0.197. The van der Waals surface area contributed by atoms with Gasteiger partial charge in [-0.05, 0) is 61.4 Å². The van der Waals surface area contributed by atoms with Crippen molar-refractivity contribution in [2.75, 3.05) is 0 Å². The molecule has 1 saturated heterocycles. The zero-order valence-corrected chi connectivity index (χ0v) is 30.3. The summed E-state index contributed by atoms with van der Waals surface area (Å²) in [5.74, 6) is 0.964. The Balaban J connectivity index is 1.09. The van der Waals surface area contributed by atoms with Crippen molar-refractivity contribution in [2.45, 2.75) is 31.8 Å². The van der Waals surface area contributed by atoms with Gasteiger partial charge in [-0.1, -0.05) is 121 Å². The highest BCUT2D eigenvalue weighted by atomic mass is 15.4. The molecule has 3 heterocycles. The van der Waals surface area contributed by atoms with E-state index in [4.69, 9.17) is 5.73 Å². The second-order valence-electron chi connectivity index (χ2n) is 14.9. The molecule has 6 unspecified atom stereocenters. The number of para-hydroxylation sites is 3. The Kier molecular flexibility index (Phi) is 8.17. The fraction of sp³-hybridized carbons (Fsp3) is 0.167. The number of hydrogen-bond donors (Lipinski definition) is 4. The number of allylic oxidation sites excluding steroid dienone is 11. The summed E-state index contributed by atoms with van der Waals surface area (Å²) in [7, 11) is 0. The van der Waals surface area contributed by atoms with Crippen LogP contribution in [0.25, 0.3) is 55.0 Å². The van der Waals surface area contributed by atoms with Gasteiger partial charge in [0.1, 0.15) is 0 Å². The molecular formula is C48H44N6. The van der Waals surface area contributed by atoms with Gasteiger partial charge < -0.3 is 14.9 Å². The molecule has 3 aliphatic carbocycles. The highest BCUT2D eigenvalue weighted by Crippen LogP contribution is 2.40. The van der Waals surface area contributed by atoms with Gasteiger partial charge in [0.05, 0.1) is 40.6 Å². The molecule has 54 heavy (non-hydrogen) atoms. The van der Waals surface area contributed by atoms with Crippen molar-refractivity contribution in [1.82, 2.24) is 25.1 Å². The van der Waals surface area contributed by atoms with Crippen LogP contribution in [-0.2, 0) is 0 Å². The van der Waals surface area contributed by atoms with Crippen LogP contribution in [0.4, 0.5) is 0 Å². The molecule has 4 aromatic carbocycles. The Labute approximate surface area is 315 Å². The van der Waals surface area contributed by atoms with Crippen molar-refractivity contribution >= 4 is 49.3 Å². The van der Waals surface area contributed by atoms with E-state index in [0.29, 0.717) is 17.8 Å². The normalized spacial score (nSPS) is 25.6. The van der Waals surface area contributed by atoms with Crippen LogP contribution in [0.3, 0.4) is 0 Å². The Morgan fingerprint density at radius 2 is 1.41 bits per heavy atom. The predicted octanol–water partition coefficient (Wildman–Crippen LogP) is 9.34. The van der Waals surface area contributed by atoms with Gasteiger partial charge in [0, 0.05) is 62.5 Å². The van der Waals surface area contributed by atoms with E-state index in [9.17, 15) is 0 Å². The molecule has 4 aliphatic rings. The molecule has 0 spiro atoms. The number of hydrogen-bond acceptors (Lipinski definition) is 4. The first-order valence-electron chi connectivity index (χ1n) is 19.1. The van der Waals surface area contributed by atoms with Crippen molar-refractivity contribution in [3.8, 4) is 5.69 Å². The summed E-state index contributed by atoms with van der Waals surface area (Å²) in [6.07, 6.45) is 29.4. The van der Waals surface area contributed by atoms with Gasteiger partial charge in [-0.15, -0.1) is 0 Å². The molecular weight excluding hydrogens is 661 g/mol. The Morgan fingerprint density at radius 3 is 2.22 bits per heavy atom. The molecule has 1 fully saturated rings. The first-order chi connectivity index (χ1) is 26.7. The zero-order chi connectivity index (χ0) is 36.2. The van der Waals surface area contributed by atoms with E-state index >= 15 is 0 Å². The summed E-state index contributed by atoms with van der Waals surface area (Å²) in [6, 6.07) is 32.9. The van der Waals surface area contributed by atoms with Crippen LogP contribution in [0.2, 0.25) is 0 Å². The van der Waals surface area contributed by atoms with Crippen molar-refractivity contribution in [1.29, 1.82) is 0 Å². The highest BCUT2D eigenvalue weighted by molar-refractivity contribution is 6.19. The van der Waals surface area contributed by atoms with Gasteiger partial charge in [-0.2, -0.15) is 0 Å². The topological polar surface area (TPSA) is 72.0 Å². The minimum absolute atomic E-state index is 0.0424. The van der Waals surface area contributed by atoms with Crippen LogP contribution in [-0.4, -0.2) is 27.6 Å². The number of fused-ring (bicyclic) bond motifs is 7. The molecule has 6 nitrogen and oxygen atoms in total. The van der Waals surface area contributed by atoms with Crippen molar-refractivity contribution in [3.05, 3.63) is 181 Å². The van der Waals surface area contributed by atoms with Crippen molar-refractivity contribution < 1.29 is 0 Å². The first kappa shape index (κ1) is 32.7. The third-order valence-corrected chi connectivity index (χ3v) is 11.7.